The molecule has 7 heteroatoms. The zero-order valence-electron chi connectivity index (χ0n) is 9.92. The van der Waals surface area contributed by atoms with Gasteiger partial charge in [0.2, 0.25) is 12.1 Å². The number of rotatable bonds is 5. The predicted molar refractivity (Wildman–Crippen MR) is 71.1 cm³/mol. The van der Waals surface area contributed by atoms with Gasteiger partial charge < -0.3 is 10.6 Å². The number of hydrogen-bond donors (Lipinski definition) is 2. The predicted octanol–water partition coefficient (Wildman–Crippen LogP) is 0.787. The van der Waals surface area contributed by atoms with Crippen LogP contribution in [0.4, 0.5) is 0 Å². The summed E-state index contributed by atoms with van der Waals surface area (Å²) < 4.78 is -1.55. The summed E-state index contributed by atoms with van der Waals surface area (Å²) in [5.41, 5.74) is 1.04. The molecule has 4 nitrogen and oxygen atoms in total. The molecule has 0 aliphatic heterocycles. The van der Waals surface area contributed by atoms with Gasteiger partial charge in [-0.3, -0.25) is 4.79 Å². The van der Waals surface area contributed by atoms with Gasteiger partial charge in [0.15, 0.2) is 12.4 Å². The second-order valence-corrected chi connectivity index (χ2v) is 6.16. The van der Waals surface area contributed by atoms with Crippen LogP contribution in [0.5, 0.6) is 0 Å². The third-order valence-electron chi connectivity index (χ3n) is 2.35. The highest BCUT2D eigenvalue weighted by atomic mass is 35.6. The maximum absolute atomic E-state index is 11.4. The summed E-state index contributed by atoms with van der Waals surface area (Å²) in [6.45, 7) is 2.34. The fourth-order valence-electron chi connectivity index (χ4n) is 1.36. The first-order chi connectivity index (χ1) is 8.43. The summed E-state index contributed by atoms with van der Waals surface area (Å²) in [6, 6.07) is 3.84. The topological polar surface area (TPSA) is 59.9 Å². The van der Waals surface area contributed by atoms with E-state index in [1.54, 1.807) is 12.2 Å². The molecule has 100 valence electrons. The third-order valence-corrected chi connectivity index (χ3v) is 3.06. The number of H-pyrrole nitrogens is 1. The van der Waals surface area contributed by atoms with Crippen molar-refractivity contribution in [2.75, 3.05) is 0 Å². The van der Waals surface area contributed by atoms with Crippen LogP contribution < -0.4 is 15.6 Å². The highest BCUT2D eigenvalue weighted by Crippen LogP contribution is 2.27. The van der Waals surface area contributed by atoms with Gasteiger partial charge in [0.25, 0.3) is 3.79 Å². The molecule has 0 aromatic carbocycles. The molecule has 0 fully saturated rings. The van der Waals surface area contributed by atoms with Crippen molar-refractivity contribution in [1.82, 2.24) is 5.32 Å². The molecule has 1 rings (SSSR count). The fourth-order valence-corrected chi connectivity index (χ4v) is 1.79. The van der Waals surface area contributed by atoms with Crippen LogP contribution >= 0.6 is 34.8 Å². The molecule has 0 saturated carbocycles. The molecule has 18 heavy (non-hydrogen) atoms. The van der Waals surface area contributed by atoms with Crippen molar-refractivity contribution in [3.63, 3.8) is 0 Å². The molecule has 4 N–H and O–H groups in total. The van der Waals surface area contributed by atoms with E-state index in [1.165, 1.54) is 0 Å². The van der Waals surface area contributed by atoms with E-state index in [0.717, 1.165) is 5.56 Å². The van der Waals surface area contributed by atoms with Crippen molar-refractivity contribution in [2.45, 2.75) is 29.8 Å². The van der Waals surface area contributed by atoms with Gasteiger partial charge in [-0.2, -0.15) is 0 Å². The van der Waals surface area contributed by atoms with E-state index in [-0.39, 0.29) is 5.91 Å². The SMILES string of the molecule is CCC(=O)NC([NH2+]Cc1ccc[nH+]c1)C(Cl)(Cl)Cl. The number of nitrogens with one attached hydrogen (secondary N) is 2. The number of carbonyl (C=O) groups excluding carboxylic acids is 1. The number of aromatic nitrogens is 1. The lowest BCUT2D eigenvalue weighted by Crippen LogP contribution is -2.95. The van der Waals surface area contributed by atoms with Gasteiger partial charge >= 0.3 is 0 Å². The molecule has 1 amide bonds. The van der Waals surface area contributed by atoms with Crippen LogP contribution in [0.15, 0.2) is 24.5 Å². The summed E-state index contributed by atoms with van der Waals surface area (Å²) in [4.78, 5) is 14.3. The monoisotopic (exact) mass is 311 g/mol. The molecule has 1 heterocycles. The Bertz CT molecular complexity index is 381. The third kappa shape index (κ3) is 5.40. The summed E-state index contributed by atoms with van der Waals surface area (Å²) in [5, 5.41) is 4.46. The Labute approximate surface area is 121 Å². The fraction of sp³-hybridized carbons (Fsp3) is 0.455. The van der Waals surface area contributed by atoms with Crippen molar-refractivity contribution >= 4 is 40.7 Å². The quantitative estimate of drug-likeness (QED) is 0.613. The highest BCUT2D eigenvalue weighted by Gasteiger charge is 2.37. The van der Waals surface area contributed by atoms with E-state index >= 15 is 0 Å². The van der Waals surface area contributed by atoms with E-state index in [0.29, 0.717) is 13.0 Å². The number of hydrogen-bond acceptors (Lipinski definition) is 1. The molecule has 1 unspecified atom stereocenters. The van der Waals surface area contributed by atoms with Gasteiger partial charge in [-0.15, -0.1) is 0 Å². The van der Waals surface area contributed by atoms with Crippen molar-refractivity contribution in [1.29, 1.82) is 0 Å². The summed E-state index contributed by atoms with van der Waals surface area (Å²) in [5.74, 6) is -0.151. The summed E-state index contributed by atoms with van der Waals surface area (Å²) in [7, 11) is 0. The van der Waals surface area contributed by atoms with E-state index in [9.17, 15) is 4.79 Å². The Morgan fingerprint density at radius 3 is 2.78 bits per heavy atom. The average molecular weight is 313 g/mol. The van der Waals surface area contributed by atoms with Gasteiger partial charge in [-0.25, -0.2) is 4.98 Å². The van der Waals surface area contributed by atoms with Crippen molar-refractivity contribution in [3.8, 4) is 0 Å². The first-order valence-corrected chi connectivity index (χ1v) is 6.71. The minimum Gasteiger partial charge on any atom is -0.319 e. The van der Waals surface area contributed by atoms with Gasteiger partial charge in [-0.1, -0.05) is 41.7 Å². The average Bonchev–Trinajstić information content (AvgIpc) is 2.34. The van der Waals surface area contributed by atoms with Gasteiger partial charge in [0.1, 0.15) is 6.54 Å². The number of alkyl halides is 3. The maximum atomic E-state index is 11.4. The van der Waals surface area contributed by atoms with Crippen LogP contribution in [0, 0.1) is 0 Å². The minimum absolute atomic E-state index is 0.151. The molecule has 1 atom stereocenters. The molecular weight excluding hydrogens is 296 g/mol. The second kappa shape index (κ2) is 7.14. The lowest BCUT2D eigenvalue weighted by molar-refractivity contribution is -0.707. The number of halogens is 3. The largest absolute Gasteiger partial charge is 0.319 e. The molecule has 1 aromatic rings. The van der Waals surface area contributed by atoms with Crippen LogP contribution in [0.25, 0.3) is 0 Å². The number of nitrogens with two attached hydrogens (primary N) is 1. The van der Waals surface area contributed by atoms with E-state index < -0.39 is 9.96 Å². The highest BCUT2D eigenvalue weighted by molar-refractivity contribution is 6.68. The Hall–Kier alpha value is -0.550. The molecule has 0 aliphatic carbocycles. The molecule has 0 saturated heterocycles. The maximum Gasteiger partial charge on any atom is 0.262 e. The smallest absolute Gasteiger partial charge is 0.262 e. The van der Waals surface area contributed by atoms with E-state index in [1.807, 2.05) is 24.5 Å². The van der Waals surface area contributed by atoms with Crippen LogP contribution in [-0.2, 0) is 11.3 Å². The first kappa shape index (κ1) is 15.5. The van der Waals surface area contributed by atoms with Crippen LogP contribution in [0.2, 0.25) is 0 Å². The Kier molecular flexibility index (Phi) is 6.15. The number of quaternary nitrogens is 1. The summed E-state index contributed by atoms with van der Waals surface area (Å²) in [6.07, 6.45) is 3.40. The van der Waals surface area contributed by atoms with Crippen LogP contribution in [0.1, 0.15) is 18.9 Å². The van der Waals surface area contributed by atoms with E-state index in [2.05, 4.69) is 10.3 Å². The molecule has 0 radical (unpaired) electrons. The number of aromatic amines is 1. The normalized spacial score (nSPS) is 13.1. The van der Waals surface area contributed by atoms with Crippen molar-refractivity contribution in [2.24, 2.45) is 0 Å². The molecule has 0 bridgehead atoms. The van der Waals surface area contributed by atoms with E-state index in [4.69, 9.17) is 34.8 Å². The Balaban J connectivity index is 2.59. The van der Waals surface area contributed by atoms with Crippen LogP contribution in [0.3, 0.4) is 0 Å². The molecule has 0 spiro atoms. The first-order valence-electron chi connectivity index (χ1n) is 5.58. The zero-order valence-corrected chi connectivity index (χ0v) is 12.2. The lowest BCUT2D eigenvalue weighted by atomic mass is 10.3. The molecule has 0 aliphatic rings. The second-order valence-electron chi connectivity index (χ2n) is 3.79. The Morgan fingerprint density at radius 1 is 1.56 bits per heavy atom. The minimum atomic E-state index is -1.55. The lowest BCUT2D eigenvalue weighted by Gasteiger charge is -2.22. The van der Waals surface area contributed by atoms with Crippen molar-refractivity contribution < 1.29 is 15.1 Å². The number of amides is 1. The Morgan fingerprint density at radius 2 is 2.28 bits per heavy atom. The standard InChI is InChI=1S/C11H14Cl3N3O/c1-2-9(18)17-10(11(12,13)14)16-7-8-4-3-5-15-6-8/h3-6,10,16H,2,7H2,1H3,(H,17,18)/p+2. The van der Waals surface area contributed by atoms with Crippen molar-refractivity contribution in [3.05, 3.63) is 30.1 Å². The molecular formula is C11H16Cl3N3O+2. The summed E-state index contributed by atoms with van der Waals surface area (Å²) >= 11 is 17.5. The van der Waals surface area contributed by atoms with Crippen LogP contribution in [-0.4, -0.2) is 15.9 Å². The van der Waals surface area contributed by atoms with Gasteiger partial charge in [0.05, 0.1) is 5.56 Å². The zero-order chi connectivity index (χ0) is 13.6. The van der Waals surface area contributed by atoms with Gasteiger partial charge in [0, 0.05) is 12.5 Å². The molecule has 1 aromatic heterocycles. The number of pyridine rings is 1. The number of carbonyl (C=O) groups is 1. The van der Waals surface area contributed by atoms with Gasteiger partial charge in [-0.05, 0) is 6.07 Å².